The number of halogens is 1. The lowest BCUT2D eigenvalue weighted by molar-refractivity contribution is -0.123. The number of carbonyl (C=O) groups is 2. The Morgan fingerprint density at radius 2 is 1.82 bits per heavy atom. The Balaban J connectivity index is 1.74. The van der Waals surface area contributed by atoms with Gasteiger partial charge in [0.1, 0.15) is 17.4 Å². The van der Waals surface area contributed by atoms with Gasteiger partial charge in [-0.25, -0.2) is 0 Å². The number of amides is 2. The molecule has 2 heterocycles. The van der Waals surface area contributed by atoms with Crippen LogP contribution < -0.4 is 10.6 Å². The smallest absolute Gasteiger partial charge is 0.263 e. The molecular weight excluding hydrogens is 324 g/mol. The molecule has 1 aromatic rings. The van der Waals surface area contributed by atoms with Gasteiger partial charge in [-0.2, -0.15) is 0 Å². The standard InChI is InChI=1S/C15H11ClN2O3S/c16-9-3-1-8(2-4-9)12-6-5-10(21-12)7-11-13(19)17-15(22)18-14(11)20/h1-5,7,12H,6H2,(H2,17,18,19,20,22). The molecule has 2 N–H and O–H groups in total. The zero-order valence-electron chi connectivity index (χ0n) is 11.3. The molecule has 1 unspecified atom stereocenters. The quantitative estimate of drug-likeness (QED) is 0.494. The molecule has 5 nitrogen and oxygen atoms in total. The second-order valence-corrected chi connectivity index (χ2v) is 5.64. The largest absolute Gasteiger partial charge is 0.486 e. The molecule has 2 aliphatic rings. The van der Waals surface area contributed by atoms with Crippen LogP contribution in [0.4, 0.5) is 0 Å². The van der Waals surface area contributed by atoms with Crippen LogP contribution in [0.3, 0.4) is 0 Å². The van der Waals surface area contributed by atoms with E-state index in [1.54, 1.807) is 12.1 Å². The number of allylic oxidation sites excluding steroid dienone is 1. The van der Waals surface area contributed by atoms with Crippen LogP contribution in [0.5, 0.6) is 0 Å². The Hall–Kier alpha value is -2.18. The number of carbonyl (C=O) groups excluding carboxylic acids is 2. The highest BCUT2D eigenvalue weighted by molar-refractivity contribution is 7.80. The van der Waals surface area contributed by atoms with Gasteiger partial charge >= 0.3 is 0 Å². The van der Waals surface area contributed by atoms with Crippen LogP contribution in [0.25, 0.3) is 0 Å². The average Bonchev–Trinajstić information content (AvgIpc) is 2.92. The normalized spacial score (nSPS) is 21.0. The second-order valence-electron chi connectivity index (χ2n) is 4.80. The maximum Gasteiger partial charge on any atom is 0.263 e. The summed E-state index contributed by atoms with van der Waals surface area (Å²) in [5.74, 6) is -0.588. The summed E-state index contributed by atoms with van der Waals surface area (Å²) in [7, 11) is 0. The van der Waals surface area contributed by atoms with E-state index < -0.39 is 11.8 Å². The number of nitrogens with one attached hydrogen (secondary N) is 2. The van der Waals surface area contributed by atoms with Gasteiger partial charge in [0.25, 0.3) is 11.8 Å². The second kappa shape index (κ2) is 5.90. The molecule has 0 spiro atoms. The molecule has 1 saturated heterocycles. The maximum absolute atomic E-state index is 11.8. The van der Waals surface area contributed by atoms with Crippen LogP contribution in [-0.4, -0.2) is 16.9 Å². The summed E-state index contributed by atoms with van der Waals surface area (Å²) >= 11 is 10.6. The number of thiocarbonyl (C=S) groups is 1. The summed E-state index contributed by atoms with van der Waals surface area (Å²) in [4.78, 5) is 23.5. The summed E-state index contributed by atoms with van der Waals surface area (Å²) < 4.78 is 5.76. The Bertz CT molecular complexity index is 703. The molecule has 0 aliphatic carbocycles. The van der Waals surface area contributed by atoms with E-state index in [2.05, 4.69) is 10.6 Å². The molecule has 0 radical (unpaired) electrons. The van der Waals surface area contributed by atoms with Gasteiger partial charge in [-0.3, -0.25) is 20.2 Å². The van der Waals surface area contributed by atoms with Crippen LogP contribution in [-0.2, 0) is 14.3 Å². The fourth-order valence-corrected chi connectivity index (χ4v) is 2.52. The van der Waals surface area contributed by atoms with Crippen LogP contribution in [0.2, 0.25) is 5.02 Å². The first-order chi connectivity index (χ1) is 10.5. The van der Waals surface area contributed by atoms with Crippen LogP contribution in [0, 0.1) is 0 Å². The molecule has 2 aliphatic heterocycles. The molecule has 1 aromatic carbocycles. The summed E-state index contributed by atoms with van der Waals surface area (Å²) in [6.45, 7) is 0. The summed E-state index contributed by atoms with van der Waals surface area (Å²) in [6, 6.07) is 7.35. The minimum atomic E-state index is -0.534. The predicted molar refractivity (Wildman–Crippen MR) is 84.9 cm³/mol. The van der Waals surface area contributed by atoms with Crippen molar-refractivity contribution in [2.75, 3.05) is 0 Å². The van der Waals surface area contributed by atoms with E-state index in [4.69, 9.17) is 28.6 Å². The van der Waals surface area contributed by atoms with Crippen molar-refractivity contribution in [2.45, 2.75) is 12.5 Å². The lowest BCUT2D eigenvalue weighted by atomic mass is 10.1. The minimum absolute atomic E-state index is 0.00695. The third-order valence-corrected chi connectivity index (χ3v) is 3.74. The Morgan fingerprint density at radius 3 is 2.45 bits per heavy atom. The fourth-order valence-electron chi connectivity index (χ4n) is 2.21. The van der Waals surface area contributed by atoms with Gasteiger partial charge in [-0.1, -0.05) is 23.7 Å². The average molecular weight is 335 g/mol. The van der Waals surface area contributed by atoms with Gasteiger partial charge in [-0.05, 0) is 42.1 Å². The van der Waals surface area contributed by atoms with E-state index in [9.17, 15) is 9.59 Å². The van der Waals surface area contributed by atoms with Crippen molar-refractivity contribution in [1.82, 2.24) is 10.6 Å². The van der Waals surface area contributed by atoms with Crippen LogP contribution in [0.15, 0.2) is 47.7 Å². The monoisotopic (exact) mass is 334 g/mol. The van der Waals surface area contributed by atoms with E-state index in [0.29, 0.717) is 17.2 Å². The first kappa shape index (κ1) is 14.7. The van der Waals surface area contributed by atoms with Crippen molar-refractivity contribution in [3.05, 3.63) is 58.3 Å². The van der Waals surface area contributed by atoms with Gasteiger partial charge in [0.15, 0.2) is 5.11 Å². The van der Waals surface area contributed by atoms with Crippen molar-refractivity contribution in [3.8, 4) is 0 Å². The Morgan fingerprint density at radius 1 is 1.18 bits per heavy atom. The molecule has 1 atom stereocenters. The molecule has 0 aromatic heterocycles. The number of benzene rings is 1. The van der Waals surface area contributed by atoms with Gasteiger partial charge in [0, 0.05) is 11.4 Å². The number of hydrogen-bond acceptors (Lipinski definition) is 4. The molecule has 3 rings (SSSR count). The lowest BCUT2D eigenvalue weighted by Gasteiger charge is -2.17. The van der Waals surface area contributed by atoms with Gasteiger partial charge < -0.3 is 4.74 Å². The summed E-state index contributed by atoms with van der Waals surface area (Å²) in [6.07, 6.45) is 3.75. The number of hydrogen-bond donors (Lipinski definition) is 2. The van der Waals surface area contributed by atoms with Crippen molar-refractivity contribution in [1.29, 1.82) is 0 Å². The number of ether oxygens (including phenoxy) is 1. The highest BCUT2D eigenvalue weighted by Crippen LogP contribution is 2.32. The van der Waals surface area contributed by atoms with Crippen molar-refractivity contribution in [3.63, 3.8) is 0 Å². The van der Waals surface area contributed by atoms with E-state index in [0.717, 1.165) is 5.56 Å². The van der Waals surface area contributed by atoms with Crippen molar-refractivity contribution >= 4 is 40.7 Å². The highest BCUT2D eigenvalue weighted by Gasteiger charge is 2.27. The van der Waals surface area contributed by atoms with Crippen molar-refractivity contribution < 1.29 is 14.3 Å². The van der Waals surface area contributed by atoms with Gasteiger partial charge in [-0.15, -0.1) is 0 Å². The van der Waals surface area contributed by atoms with Gasteiger partial charge in [0.2, 0.25) is 0 Å². The fraction of sp³-hybridized carbons (Fsp3) is 0.133. The zero-order chi connectivity index (χ0) is 15.7. The lowest BCUT2D eigenvalue weighted by Crippen LogP contribution is -2.51. The van der Waals surface area contributed by atoms with Crippen LogP contribution in [0.1, 0.15) is 18.1 Å². The predicted octanol–water partition coefficient (Wildman–Crippen LogP) is 2.14. The first-order valence-corrected chi connectivity index (χ1v) is 7.32. The zero-order valence-corrected chi connectivity index (χ0v) is 12.8. The van der Waals surface area contributed by atoms with E-state index in [1.807, 2.05) is 18.2 Å². The van der Waals surface area contributed by atoms with E-state index in [1.165, 1.54) is 6.08 Å². The molecule has 1 fully saturated rings. The first-order valence-electron chi connectivity index (χ1n) is 6.53. The Labute approximate surface area is 137 Å². The molecular formula is C15H11ClN2O3S. The molecule has 0 bridgehead atoms. The molecule has 2 amide bonds. The summed E-state index contributed by atoms with van der Waals surface area (Å²) in [5.41, 5.74) is 0.949. The molecule has 22 heavy (non-hydrogen) atoms. The number of rotatable bonds is 2. The van der Waals surface area contributed by atoms with Crippen LogP contribution >= 0.6 is 23.8 Å². The highest BCUT2D eigenvalue weighted by atomic mass is 35.5. The molecule has 0 saturated carbocycles. The molecule has 7 heteroatoms. The third kappa shape index (κ3) is 3.03. The molecule has 112 valence electrons. The van der Waals surface area contributed by atoms with Crippen molar-refractivity contribution in [2.24, 2.45) is 0 Å². The van der Waals surface area contributed by atoms with Gasteiger partial charge in [0.05, 0.1) is 0 Å². The topological polar surface area (TPSA) is 67.4 Å². The van der Waals surface area contributed by atoms with E-state index in [-0.39, 0.29) is 16.8 Å². The third-order valence-electron chi connectivity index (χ3n) is 3.28. The minimum Gasteiger partial charge on any atom is -0.486 e. The maximum atomic E-state index is 11.8. The van der Waals surface area contributed by atoms with E-state index >= 15 is 0 Å². The SMILES string of the molecule is O=C1NC(=S)NC(=O)C1=CC1=CCC(c2ccc(Cl)cc2)O1. The Kier molecular flexibility index (Phi) is 3.96. The summed E-state index contributed by atoms with van der Waals surface area (Å²) in [5, 5.41) is 5.42.